The van der Waals surface area contributed by atoms with E-state index in [1.807, 2.05) is 4.57 Å². The van der Waals surface area contributed by atoms with E-state index in [1.165, 1.54) is 6.07 Å². The normalized spacial score (nSPS) is 15.1. The molecule has 0 fully saturated rings. The van der Waals surface area contributed by atoms with Crippen molar-refractivity contribution in [2.75, 3.05) is 6.54 Å². The summed E-state index contributed by atoms with van der Waals surface area (Å²) in [5.41, 5.74) is 6.69. The average molecular weight is 291 g/mol. The molecule has 0 amide bonds. The number of nitrogens with zero attached hydrogens (tertiary/aromatic N) is 4. The first-order valence-corrected chi connectivity index (χ1v) is 6.71. The third-order valence-electron chi connectivity index (χ3n) is 3.45. The first-order valence-electron chi connectivity index (χ1n) is 6.31. The average Bonchev–Trinajstić information content (AvgIpc) is 2.88. The minimum absolute atomic E-state index is 0.210. The predicted octanol–water partition coefficient (Wildman–Crippen LogP) is 1.07. The lowest BCUT2D eigenvalue weighted by Gasteiger charge is -2.27. The van der Waals surface area contributed by atoms with Gasteiger partial charge in [-0.3, -0.25) is 4.90 Å². The molecule has 1 aliphatic rings. The minimum atomic E-state index is -0.276. The van der Waals surface area contributed by atoms with Crippen LogP contribution >= 0.6 is 12.2 Å². The Kier molecular flexibility index (Phi) is 3.45. The van der Waals surface area contributed by atoms with Gasteiger partial charge in [-0.1, -0.05) is 24.4 Å². The van der Waals surface area contributed by atoms with E-state index >= 15 is 0 Å². The zero-order chi connectivity index (χ0) is 14.1. The number of thiocarbonyl (C=S) groups is 1. The third kappa shape index (κ3) is 2.54. The first kappa shape index (κ1) is 13.1. The number of nitrogens with two attached hydrogens (primary N) is 1. The van der Waals surface area contributed by atoms with Gasteiger partial charge in [0.1, 0.15) is 23.0 Å². The second-order valence-corrected chi connectivity index (χ2v) is 5.26. The van der Waals surface area contributed by atoms with Crippen molar-refractivity contribution in [1.29, 1.82) is 0 Å². The number of benzene rings is 1. The van der Waals surface area contributed by atoms with Gasteiger partial charge in [-0.05, 0) is 6.07 Å². The molecule has 1 aromatic heterocycles. The Labute approximate surface area is 121 Å². The van der Waals surface area contributed by atoms with Crippen LogP contribution in [0.25, 0.3) is 0 Å². The predicted molar refractivity (Wildman–Crippen MR) is 76.4 cm³/mol. The summed E-state index contributed by atoms with van der Waals surface area (Å²) >= 11 is 4.84. The molecule has 2 N–H and O–H groups in total. The Morgan fingerprint density at radius 3 is 3.00 bits per heavy atom. The molecule has 5 nitrogen and oxygen atoms in total. The Morgan fingerprint density at radius 2 is 2.25 bits per heavy atom. The summed E-state index contributed by atoms with van der Waals surface area (Å²) in [5, 5.41) is 7.93. The maximum absolute atomic E-state index is 14.0. The van der Waals surface area contributed by atoms with Crippen LogP contribution in [0.5, 0.6) is 0 Å². The van der Waals surface area contributed by atoms with E-state index in [4.69, 9.17) is 18.0 Å². The van der Waals surface area contributed by atoms with Gasteiger partial charge in [0.25, 0.3) is 0 Å². The molecule has 0 spiro atoms. The highest BCUT2D eigenvalue weighted by molar-refractivity contribution is 7.80. The van der Waals surface area contributed by atoms with Crippen LogP contribution in [-0.2, 0) is 19.6 Å². The Balaban J connectivity index is 1.74. The smallest absolute Gasteiger partial charge is 0.147 e. The van der Waals surface area contributed by atoms with Gasteiger partial charge in [-0.25, -0.2) is 4.39 Å². The lowest BCUT2D eigenvalue weighted by molar-refractivity contribution is 0.206. The molecule has 1 aromatic carbocycles. The second-order valence-electron chi connectivity index (χ2n) is 4.82. The fourth-order valence-electron chi connectivity index (χ4n) is 2.32. The highest BCUT2D eigenvalue weighted by Gasteiger charge is 2.18. The molecule has 104 valence electrons. The van der Waals surface area contributed by atoms with E-state index in [0.717, 1.165) is 18.9 Å². The number of aromatic nitrogens is 3. The SMILES string of the molecule is NC(=S)c1ccc(CN2CCn3cnnc3C2)c(F)c1. The lowest BCUT2D eigenvalue weighted by atomic mass is 10.1. The van der Waals surface area contributed by atoms with E-state index in [1.54, 1.807) is 18.5 Å². The summed E-state index contributed by atoms with van der Waals surface area (Å²) in [7, 11) is 0. The number of hydrogen-bond donors (Lipinski definition) is 1. The molecule has 2 heterocycles. The molecule has 0 unspecified atom stereocenters. The molecule has 20 heavy (non-hydrogen) atoms. The Morgan fingerprint density at radius 1 is 1.40 bits per heavy atom. The van der Waals surface area contributed by atoms with E-state index < -0.39 is 0 Å². The van der Waals surface area contributed by atoms with Gasteiger partial charge >= 0.3 is 0 Å². The monoisotopic (exact) mass is 291 g/mol. The van der Waals surface area contributed by atoms with Crippen molar-refractivity contribution < 1.29 is 4.39 Å². The molecule has 0 aliphatic carbocycles. The van der Waals surface area contributed by atoms with E-state index in [-0.39, 0.29) is 10.8 Å². The minimum Gasteiger partial charge on any atom is -0.389 e. The molecule has 3 rings (SSSR count). The molecular formula is C13H14FN5S. The second kappa shape index (κ2) is 5.26. The molecule has 7 heteroatoms. The van der Waals surface area contributed by atoms with Crippen molar-refractivity contribution in [1.82, 2.24) is 19.7 Å². The van der Waals surface area contributed by atoms with Crippen LogP contribution < -0.4 is 5.73 Å². The number of rotatable bonds is 3. The third-order valence-corrected chi connectivity index (χ3v) is 3.69. The van der Waals surface area contributed by atoms with Gasteiger partial charge in [-0.2, -0.15) is 0 Å². The largest absolute Gasteiger partial charge is 0.389 e. The van der Waals surface area contributed by atoms with Crippen molar-refractivity contribution >= 4 is 17.2 Å². The van der Waals surface area contributed by atoms with E-state index in [0.29, 0.717) is 24.2 Å². The fourth-order valence-corrected chi connectivity index (χ4v) is 2.45. The maximum atomic E-state index is 14.0. The van der Waals surface area contributed by atoms with Crippen LogP contribution in [0.2, 0.25) is 0 Å². The lowest BCUT2D eigenvalue weighted by Crippen LogP contribution is -2.33. The van der Waals surface area contributed by atoms with Crippen LogP contribution in [-0.4, -0.2) is 31.2 Å². The zero-order valence-corrected chi connectivity index (χ0v) is 11.6. The quantitative estimate of drug-likeness (QED) is 0.857. The summed E-state index contributed by atoms with van der Waals surface area (Å²) in [6.07, 6.45) is 1.73. The van der Waals surface area contributed by atoms with Crippen molar-refractivity contribution in [3.8, 4) is 0 Å². The zero-order valence-electron chi connectivity index (χ0n) is 10.8. The summed E-state index contributed by atoms with van der Waals surface area (Å²) in [6.45, 7) is 2.89. The van der Waals surface area contributed by atoms with E-state index in [9.17, 15) is 4.39 Å². The van der Waals surface area contributed by atoms with Crippen molar-refractivity contribution in [2.24, 2.45) is 5.73 Å². The molecular weight excluding hydrogens is 277 g/mol. The molecule has 0 saturated heterocycles. The molecule has 0 atom stereocenters. The highest BCUT2D eigenvalue weighted by atomic mass is 32.1. The summed E-state index contributed by atoms with van der Waals surface area (Å²) in [4.78, 5) is 2.35. The Bertz CT molecular complexity index is 654. The summed E-state index contributed by atoms with van der Waals surface area (Å²) in [5.74, 6) is 0.638. The summed E-state index contributed by atoms with van der Waals surface area (Å²) < 4.78 is 16.0. The van der Waals surface area contributed by atoms with Gasteiger partial charge in [0.15, 0.2) is 0 Å². The van der Waals surface area contributed by atoms with Crippen molar-refractivity contribution in [2.45, 2.75) is 19.6 Å². The van der Waals surface area contributed by atoms with Crippen LogP contribution in [0.4, 0.5) is 4.39 Å². The number of hydrogen-bond acceptors (Lipinski definition) is 4. The number of fused-ring (bicyclic) bond motifs is 1. The standard InChI is InChI=1S/C13H14FN5S/c14-11-5-9(13(15)20)1-2-10(11)6-18-3-4-19-8-16-17-12(19)7-18/h1-2,5,8H,3-4,6-7H2,(H2,15,20). The van der Waals surface area contributed by atoms with Gasteiger partial charge in [-0.15, -0.1) is 10.2 Å². The molecule has 0 radical (unpaired) electrons. The van der Waals surface area contributed by atoms with Gasteiger partial charge in [0, 0.05) is 30.8 Å². The van der Waals surface area contributed by atoms with Crippen LogP contribution in [0.1, 0.15) is 17.0 Å². The summed E-state index contributed by atoms with van der Waals surface area (Å²) in [6, 6.07) is 4.89. The maximum Gasteiger partial charge on any atom is 0.147 e. The molecule has 1 aliphatic heterocycles. The van der Waals surface area contributed by atoms with E-state index in [2.05, 4.69) is 15.1 Å². The van der Waals surface area contributed by atoms with Crippen molar-refractivity contribution in [3.63, 3.8) is 0 Å². The van der Waals surface area contributed by atoms with Gasteiger partial charge < -0.3 is 10.3 Å². The molecule has 2 aromatic rings. The Hall–Kier alpha value is -1.86. The first-order chi connectivity index (χ1) is 9.63. The number of halogens is 1. The fraction of sp³-hybridized carbons (Fsp3) is 0.308. The van der Waals surface area contributed by atoms with Crippen LogP contribution in [0.3, 0.4) is 0 Å². The van der Waals surface area contributed by atoms with Gasteiger partial charge in [0.05, 0.1) is 6.54 Å². The van der Waals surface area contributed by atoms with Crippen LogP contribution in [0, 0.1) is 5.82 Å². The molecule has 0 bridgehead atoms. The highest BCUT2D eigenvalue weighted by Crippen LogP contribution is 2.16. The van der Waals surface area contributed by atoms with Crippen molar-refractivity contribution in [3.05, 3.63) is 47.3 Å². The molecule has 0 saturated carbocycles. The van der Waals surface area contributed by atoms with Gasteiger partial charge in [0.2, 0.25) is 0 Å². The van der Waals surface area contributed by atoms with Crippen LogP contribution in [0.15, 0.2) is 24.5 Å². The topological polar surface area (TPSA) is 60.0 Å².